The lowest BCUT2D eigenvalue weighted by molar-refractivity contribution is -0.272. The van der Waals surface area contributed by atoms with Crippen LogP contribution < -0.4 is 15.8 Å². The van der Waals surface area contributed by atoms with Gasteiger partial charge in [-0.2, -0.15) is 22.0 Å². The smallest absolute Gasteiger partial charge is 0.417 e. The highest BCUT2D eigenvalue weighted by Crippen LogP contribution is 2.55. The molecule has 1 aliphatic rings. The fourth-order valence-electron chi connectivity index (χ4n) is 3.95. The Morgan fingerprint density at radius 3 is 2.41 bits per heavy atom. The van der Waals surface area contributed by atoms with E-state index in [9.17, 15) is 35.9 Å². The lowest BCUT2D eigenvalue weighted by atomic mass is 9.77. The Morgan fingerprint density at radius 1 is 1.21 bits per heavy atom. The predicted molar refractivity (Wildman–Crippen MR) is 105 cm³/mol. The third-order valence-electron chi connectivity index (χ3n) is 5.88. The van der Waals surface area contributed by atoms with Crippen molar-refractivity contribution in [1.29, 1.82) is 0 Å². The van der Waals surface area contributed by atoms with E-state index in [1.165, 1.54) is 0 Å². The van der Waals surface area contributed by atoms with Gasteiger partial charge in [-0.1, -0.05) is 13.0 Å². The summed E-state index contributed by atoms with van der Waals surface area (Å²) in [7, 11) is 0.991. The number of nitrogens with zero attached hydrogens (tertiary/aromatic N) is 1. The van der Waals surface area contributed by atoms with E-state index in [0.29, 0.717) is 12.1 Å². The molecule has 0 bridgehead atoms. The SMILES string of the molecule is COc1c([C@H]2[C@@H](C)[C@](C)(C(F)(F)F)O[C@H]2C(=O)Nc2cc(F)nc(C(N)=O)c2)ccc(F)c1F. The second-order valence-corrected chi connectivity index (χ2v) is 7.86. The lowest BCUT2D eigenvalue weighted by Crippen LogP contribution is -2.47. The summed E-state index contributed by atoms with van der Waals surface area (Å²) in [5.41, 5.74) is 1.07. The van der Waals surface area contributed by atoms with Crippen LogP contribution in [0.25, 0.3) is 0 Å². The van der Waals surface area contributed by atoms with Gasteiger partial charge in [-0.25, -0.2) is 9.37 Å². The average molecular weight is 491 g/mol. The molecule has 0 radical (unpaired) electrons. The Labute approximate surface area is 189 Å². The number of anilines is 1. The van der Waals surface area contributed by atoms with Crippen molar-refractivity contribution < 1.29 is 45.4 Å². The first kappa shape index (κ1) is 25.3. The van der Waals surface area contributed by atoms with Crippen molar-refractivity contribution in [3.05, 3.63) is 53.1 Å². The molecule has 0 spiro atoms. The van der Waals surface area contributed by atoms with Crippen LogP contribution in [-0.4, -0.2) is 41.8 Å². The van der Waals surface area contributed by atoms with Gasteiger partial charge in [0.2, 0.25) is 11.8 Å². The molecule has 13 heteroatoms. The Morgan fingerprint density at radius 2 is 1.85 bits per heavy atom. The average Bonchev–Trinajstić information content (AvgIpc) is 3.01. The van der Waals surface area contributed by atoms with E-state index in [0.717, 1.165) is 33.1 Å². The van der Waals surface area contributed by atoms with Crippen LogP contribution in [0.3, 0.4) is 0 Å². The molecule has 34 heavy (non-hydrogen) atoms. The number of ether oxygens (including phenoxy) is 2. The summed E-state index contributed by atoms with van der Waals surface area (Å²) in [6, 6.07) is 3.31. The number of nitrogens with one attached hydrogen (secondary N) is 1. The number of halogens is 6. The van der Waals surface area contributed by atoms with E-state index in [1.54, 1.807) is 0 Å². The molecule has 1 aromatic heterocycles. The summed E-state index contributed by atoms with van der Waals surface area (Å²) in [5, 5.41) is 2.17. The molecular weight excluding hydrogens is 472 g/mol. The molecule has 2 amide bonds. The van der Waals surface area contributed by atoms with E-state index in [2.05, 4.69) is 10.3 Å². The van der Waals surface area contributed by atoms with Crippen LogP contribution >= 0.6 is 0 Å². The minimum Gasteiger partial charge on any atom is -0.493 e. The highest BCUT2D eigenvalue weighted by atomic mass is 19.4. The van der Waals surface area contributed by atoms with Crippen molar-refractivity contribution in [2.45, 2.75) is 37.6 Å². The van der Waals surface area contributed by atoms with Gasteiger partial charge < -0.3 is 20.5 Å². The maximum absolute atomic E-state index is 14.4. The Kier molecular flexibility index (Phi) is 6.53. The van der Waals surface area contributed by atoms with Crippen LogP contribution in [0.2, 0.25) is 0 Å². The van der Waals surface area contributed by atoms with Crippen molar-refractivity contribution >= 4 is 17.5 Å². The Hall–Kier alpha value is -3.35. The Bertz CT molecular complexity index is 1140. The number of nitrogens with two attached hydrogens (primary N) is 1. The topological polar surface area (TPSA) is 104 Å². The number of benzene rings is 1. The van der Waals surface area contributed by atoms with Crippen LogP contribution in [-0.2, 0) is 9.53 Å². The first-order valence-corrected chi connectivity index (χ1v) is 9.76. The van der Waals surface area contributed by atoms with Crippen molar-refractivity contribution in [2.75, 3.05) is 12.4 Å². The van der Waals surface area contributed by atoms with Crippen molar-refractivity contribution in [3.8, 4) is 5.75 Å². The van der Waals surface area contributed by atoms with Crippen molar-refractivity contribution in [2.24, 2.45) is 11.7 Å². The van der Waals surface area contributed by atoms with Gasteiger partial charge in [-0.05, 0) is 19.1 Å². The molecule has 2 aromatic rings. The maximum Gasteiger partial charge on any atom is 0.417 e. The largest absolute Gasteiger partial charge is 0.493 e. The lowest BCUT2D eigenvalue weighted by Gasteiger charge is -2.32. The van der Waals surface area contributed by atoms with Crippen LogP contribution in [0, 0.1) is 23.5 Å². The zero-order valence-corrected chi connectivity index (χ0v) is 18.0. The fraction of sp³-hybridized carbons (Fsp3) is 0.381. The minimum atomic E-state index is -4.95. The van der Waals surface area contributed by atoms with Gasteiger partial charge >= 0.3 is 6.18 Å². The van der Waals surface area contributed by atoms with Crippen molar-refractivity contribution in [3.63, 3.8) is 0 Å². The number of carbonyl (C=O) groups is 2. The van der Waals surface area contributed by atoms with E-state index in [-0.39, 0.29) is 11.3 Å². The number of rotatable bonds is 5. The molecule has 1 aliphatic heterocycles. The number of alkyl halides is 3. The molecule has 184 valence electrons. The summed E-state index contributed by atoms with van der Waals surface area (Å²) < 4.78 is 93.7. The quantitative estimate of drug-likeness (QED) is 0.491. The molecule has 3 N–H and O–H groups in total. The summed E-state index contributed by atoms with van der Waals surface area (Å²) in [5.74, 6) is -9.85. The first-order chi connectivity index (χ1) is 15.7. The van der Waals surface area contributed by atoms with Gasteiger partial charge in [0.25, 0.3) is 11.8 Å². The normalized spacial score (nSPS) is 24.7. The van der Waals surface area contributed by atoms with Crippen molar-refractivity contribution in [1.82, 2.24) is 4.98 Å². The fourth-order valence-corrected chi connectivity index (χ4v) is 3.95. The van der Waals surface area contributed by atoms with Crippen LogP contribution in [0.15, 0.2) is 24.3 Å². The Balaban J connectivity index is 2.09. The molecule has 4 atom stereocenters. The zero-order valence-electron chi connectivity index (χ0n) is 18.0. The van der Waals surface area contributed by atoms with E-state index in [4.69, 9.17) is 15.2 Å². The standard InChI is InChI=1S/C21H19F6N3O4/c1-8-14(10-4-5-11(22)15(24)16(10)33-3)17(34-20(8,2)21(25,26)27)19(32)29-9-6-12(18(28)31)30-13(23)7-9/h4-8,14,17H,1-3H3,(H2,28,31)(H,29,30,32)/t8-,14-,17-,20-/m1/s1. The number of pyridine rings is 1. The molecule has 0 aliphatic carbocycles. The molecule has 1 fully saturated rings. The van der Waals surface area contributed by atoms with Gasteiger partial charge in [0.15, 0.2) is 17.2 Å². The molecule has 0 unspecified atom stereocenters. The molecule has 7 nitrogen and oxygen atoms in total. The first-order valence-electron chi connectivity index (χ1n) is 9.76. The number of hydrogen-bond donors (Lipinski definition) is 2. The summed E-state index contributed by atoms with van der Waals surface area (Å²) in [4.78, 5) is 27.6. The summed E-state index contributed by atoms with van der Waals surface area (Å²) in [6.07, 6.45) is -6.85. The molecule has 2 heterocycles. The van der Waals surface area contributed by atoms with Gasteiger partial charge in [0.05, 0.1) is 7.11 Å². The van der Waals surface area contributed by atoms with Crippen LogP contribution in [0.1, 0.15) is 35.8 Å². The number of carbonyl (C=O) groups excluding carboxylic acids is 2. The van der Waals surface area contributed by atoms with Gasteiger partial charge in [-0.15, -0.1) is 0 Å². The molecule has 3 rings (SSSR count). The zero-order chi connectivity index (χ0) is 25.6. The summed E-state index contributed by atoms with van der Waals surface area (Å²) in [6.45, 7) is 1.87. The summed E-state index contributed by atoms with van der Waals surface area (Å²) >= 11 is 0. The van der Waals surface area contributed by atoms with Crippen LogP contribution in [0.4, 0.5) is 32.0 Å². The number of primary amides is 1. The van der Waals surface area contributed by atoms with Gasteiger partial charge in [0.1, 0.15) is 11.8 Å². The van der Waals surface area contributed by atoms with Crippen LogP contribution in [0.5, 0.6) is 5.75 Å². The highest BCUT2D eigenvalue weighted by Gasteiger charge is 2.65. The number of methoxy groups -OCH3 is 1. The third-order valence-corrected chi connectivity index (χ3v) is 5.88. The second kappa shape index (κ2) is 8.78. The minimum absolute atomic E-state index is 0.235. The maximum atomic E-state index is 14.4. The molecule has 1 aromatic carbocycles. The van der Waals surface area contributed by atoms with E-state index >= 15 is 0 Å². The molecule has 1 saturated heterocycles. The number of hydrogen-bond acceptors (Lipinski definition) is 5. The van der Waals surface area contributed by atoms with E-state index in [1.807, 2.05) is 0 Å². The monoisotopic (exact) mass is 491 g/mol. The molecule has 0 saturated carbocycles. The number of aromatic nitrogens is 1. The third kappa shape index (κ3) is 4.27. The number of amides is 2. The highest BCUT2D eigenvalue weighted by molar-refractivity contribution is 5.97. The van der Waals surface area contributed by atoms with Gasteiger partial charge in [0, 0.05) is 29.2 Å². The van der Waals surface area contributed by atoms with Gasteiger partial charge in [-0.3, -0.25) is 9.59 Å². The molecular formula is C21H19F6N3O4. The predicted octanol–water partition coefficient (Wildman–Crippen LogP) is 3.68. The second-order valence-electron chi connectivity index (χ2n) is 7.86. The van der Waals surface area contributed by atoms with E-state index < -0.39 is 70.6 Å².